The number of rotatable bonds is 6. The summed E-state index contributed by atoms with van der Waals surface area (Å²) in [6.45, 7) is 4.77. The molecule has 32 heavy (non-hydrogen) atoms. The van der Waals surface area contributed by atoms with Gasteiger partial charge < -0.3 is 15.1 Å². The summed E-state index contributed by atoms with van der Waals surface area (Å²) < 4.78 is 0. The molecule has 3 aromatic rings. The van der Waals surface area contributed by atoms with Crippen LogP contribution in [0.4, 0.5) is 21.4 Å². The lowest BCUT2D eigenvalue weighted by Gasteiger charge is -2.35. The molecule has 0 bridgehead atoms. The van der Waals surface area contributed by atoms with Crippen molar-refractivity contribution in [1.29, 1.82) is 0 Å². The van der Waals surface area contributed by atoms with Crippen LogP contribution in [0.15, 0.2) is 54.0 Å². The van der Waals surface area contributed by atoms with E-state index in [1.54, 1.807) is 16.5 Å². The summed E-state index contributed by atoms with van der Waals surface area (Å²) in [5.74, 6) is 0.791. The average Bonchev–Trinajstić information content (AvgIpc) is 3.26. The lowest BCUT2D eigenvalue weighted by Crippen LogP contribution is -2.50. The second-order valence-corrected chi connectivity index (χ2v) is 8.37. The number of anilines is 3. The van der Waals surface area contributed by atoms with Gasteiger partial charge in [-0.1, -0.05) is 25.1 Å². The molecule has 1 aliphatic rings. The molecule has 0 aliphatic carbocycles. The first-order valence-corrected chi connectivity index (χ1v) is 11.5. The monoisotopic (exact) mass is 450 g/mol. The third kappa shape index (κ3) is 5.61. The number of carbonyl (C=O) groups excluding carboxylic acids is 2. The molecule has 2 N–H and O–H groups in total. The van der Waals surface area contributed by atoms with Crippen LogP contribution < -0.4 is 15.5 Å². The van der Waals surface area contributed by atoms with E-state index in [1.807, 2.05) is 42.5 Å². The fourth-order valence-electron chi connectivity index (χ4n) is 3.49. The Balaban J connectivity index is 1.24. The fourth-order valence-corrected chi connectivity index (χ4v) is 4.19. The van der Waals surface area contributed by atoms with E-state index in [0.717, 1.165) is 31.0 Å². The number of thiazole rings is 1. The van der Waals surface area contributed by atoms with Gasteiger partial charge in [0.1, 0.15) is 5.82 Å². The predicted molar refractivity (Wildman–Crippen MR) is 127 cm³/mol. The van der Waals surface area contributed by atoms with E-state index in [-0.39, 0.29) is 18.4 Å². The number of urea groups is 1. The lowest BCUT2D eigenvalue weighted by molar-refractivity contribution is -0.115. The standard InChI is InChI=1S/C23H26N6O2S/c1-2-17-6-8-18(9-7-17)25-21(30)15-19-16-32-22(26-19)27-23(31)29-13-11-28(12-14-29)20-5-3-4-10-24-20/h3-10,16H,2,11-15H2,1H3,(H,25,30)(H,26,27,31). The number of hydrogen-bond donors (Lipinski definition) is 2. The summed E-state index contributed by atoms with van der Waals surface area (Å²) in [4.78, 5) is 37.6. The summed E-state index contributed by atoms with van der Waals surface area (Å²) in [7, 11) is 0. The molecule has 4 rings (SSSR count). The van der Waals surface area contributed by atoms with Gasteiger partial charge in [0.25, 0.3) is 0 Å². The zero-order chi connectivity index (χ0) is 22.3. The normalized spacial score (nSPS) is 13.7. The molecule has 1 saturated heterocycles. The van der Waals surface area contributed by atoms with Gasteiger partial charge in [0.15, 0.2) is 5.13 Å². The Morgan fingerprint density at radius 2 is 1.81 bits per heavy atom. The molecule has 0 atom stereocenters. The van der Waals surface area contributed by atoms with Gasteiger partial charge in [-0.2, -0.15) is 0 Å². The molecule has 0 unspecified atom stereocenters. The van der Waals surface area contributed by atoms with Crippen molar-refractivity contribution >= 4 is 39.9 Å². The van der Waals surface area contributed by atoms with E-state index < -0.39 is 0 Å². The number of nitrogens with zero attached hydrogens (tertiary/aromatic N) is 4. The topological polar surface area (TPSA) is 90.5 Å². The van der Waals surface area contributed by atoms with Gasteiger partial charge in [0.2, 0.25) is 5.91 Å². The third-order valence-corrected chi connectivity index (χ3v) is 6.10. The number of benzene rings is 1. The highest BCUT2D eigenvalue weighted by atomic mass is 32.1. The van der Waals surface area contributed by atoms with Crippen LogP contribution in [0.2, 0.25) is 0 Å². The van der Waals surface area contributed by atoms with Crippen molar-refractivity contribution < 1.29 is 9.59 Å². The number of pyridine rings is 1. The maximum atomic E-state index is 12.6. The first-order chi connectivity index (χ1) is 15.6. The van der Waals surface area contributed by atoms with Crippen molar-refractivity contribution in [2.75, 3.05) is 41.7 Å². The van der Waals surface area contributed by atoms with Crippen molar-refractivity contribution in [3.05, 3.63) is 65.3 Å². The van der Waals surface area contributed by atoms with E-state index >= 15 is 0 Å². The maximum absolute atomic E-state index is 12.6. The molecule has 0 radical (unpaired) electrons. The first-order valence-electron chi connectivity index (χ1n) is 10.7. The molecule has 2 aromatic heterocycles. The highest BCUT2D eigenvalue weighted by Gasteiger charge is 2.22. The van der Waals surface area contributed by atoms with Crippen molar-refractivity contribution in [2.45, 2.75) is 19.8 Å². The quantitative estimate of drug-likeness (QED) is 0.598. The number of carbonyl (C=O) groups is 2. The van der Waals surface area contributed by atoms with Gasteiger partial charge in [-0.3, -0.25) is 10.1 Å². The molecule has 166 valence electrons. The number of nitrogens with one attached hydrogen (secondary N) is 2. The lowest BCUT2D eigenvalue weighted by atomic mass is 10.1. The zero-order valence-electron chi connectivity index (χ0n) is 18.0. The minimum Gasteiger partial charge on any atom is -0.353 e. The van der Waals surface area contributed by atoms with Crippen molar-refractivity contribution in [3.8, 4) is 0 Å². The smallest absolute Gasteiger partial charge is 0.323 e. The van der Waals surface area contributed by atoms with Crippen LogP contribution >= 0.6 is 11.3 Å². The van der Waals surface area contributed by atoms with E-state index in [1.165, 1.54) is 16.9 Å². The number of piperazine rings is 1. The van der Waals surface area contributed by atoms with Crippen molar-refractivity contribution in [2.24, 2.45) is 0 Å². The summed E-state index contributed by atoms with van der Waals surface area (Å²) >= 11 is 1.32. The van der Waals surface area contributed by atoms with Crippen LogP contribution in [-0.4, -0.2) is 53.0 Å². The largest absolute Gasteiger partial charge is 0.353 e. The van der Waals surface area contributed by atoms with Gasteiger partial charge in [-0.25, -0.2) is 14.8 Å². The van der Waals surface area contributed by atoms with Gasteiger partial charge in [-0.05, 0) is 36.2 Å². The second-order valence-electron chi connectivity index (χ2n) is 7.51. The highest BCUT2D eigenvalue weighted by Crippen LogP contribution is 2.18. The molecule has 3 amide bonds. The number of aryl methyl sites for hydroxylation is 1. The summed E-state index contributed by atoms with van der Waals surface area (Å²) in [6.07, 6.45) is 2.89. The highest BCUT2D eigenvalue weighted by molar-refractivity contribution is 7.13. The summed E-state index contributed by atoms with van der Waals surface area (Å²) in [5, 5.41) is 8.03. The Labute approximate surface area is 191 Å². The van der Waals surface area contributed by atoms with Gasteiger partial charge in [0, 0.05) is 43.4 Å². The van der Waals surface area contributed by atoms with Crippen LogP contribution in [0, 0.1) is 0 Å². The summed E-state index contributed by atoms with van der Waals surface area (Å²) in [6, 6.07) is 13.5. The molecule has 3 heterocycles. The maximum Gasteiger partial charge on any atom is 0.323 e. The molecule has 9 heteroatoms. The van der Waals surface area contributed by atoms with Crippen LogP contribution in [0.1, 0.15) is 18.2 Å². The van der Waals surface area contributed by atoms with E-state index in [2.05, 4.69) is 32.4 Å². The molecule has 8 nitrogen and oxygen atoms in total. The van der Waals surface area contributed by atoms with E-state index in [0.29, 0.717) is 23.9 Å². The van der Waals surface area contributed by atoms with Gasteiger partial charge in [0.05, 0.1) is 12.1 Å². The van der Waals surface area contributed by atoms with Crippen LogP contribution in [0.25, 0.3) is 0 Å². The molecule has 1 aromatic carbocycles. The SMILES string of the molecule is CCc1ccc(NC(=O)Cc2csc(NC(=O)N3CCN(c4ccccn4)CC3)n2)cc1. The zero-order valence-corrected chi connectivity index (χ0v) is 18.8. The second kappa shape index (κ2) is 10.2. The Morgan fingerprint density at radius 1 is 1.03 bits per heavy atom. The first kappa shape index (κ1) is 21.8. The predicted octanol–water partition coefficient (Wildman–Crippen LogP) is 3.64. The third-order valence-electron chi connectivity index (χ3n) is 5.29. The van der Waals surface area contributed by atoms with Crippen LogP contribution in [0.3, 0.4) is 0 Å². The molecular formula is C23H26N6O2S. The molecular weight excluding hydrogens is 424 g/mol. The number of aromatic nitrogens is 2. The van der Waals surface area contributed by atoms with Gasteiger partial charge in [-0.15, -0.1) is 11.3 Å². The fraction of sp³-hybridized carbons (Fsp3) is 0.304. The van der Waals surface area contributed by atoms with E-state index in [4.69, 9.17) is 0 Å². The molecule has 0 spiro atoms. The van der Waals surface area contributed by atoms with E-state index in [9.17, 15) is 9.59 Å². The van der Waals surface area contributed by atoms with Crippen molar-refractivity contribution in [1.82, 2.24) is 14.9 Å². The Kier molecular flexibility index (Phi) is 6.96. The van der Waals surface area contributed by atoms with Crippen molar-refractivity contribution in [3.63, 3.8) is 0 Å². The Hall–Kier alpha value is -3.46. The van der Waals surface area contributed by atoms with Gasteiger partial charge >= 0.3 is 6.03 Å². The number of hydrogen-bond acceptors (Lipinski definition) is 6. The molecule has 1 fully saturated rings. The minimum absolute atomic E-state index is 0.136. The van der Waals surface area contributed by atoms with Crippen LogP contribution in [0.5, 0.6) is 0 Å². The summed E-state index contributed by atoms with van der Waals surface area (Å²) in [5.41, 5.74) is 2.62. The Bertz CT molecular complexity index is 1050. The van der Waals surface area contributed by atoms with Crippen LogP contribution in [-0.2, 0) is 17.6 Å². The molecule has 1 aliphatic heterocycles. The number of amides is 3. The average molecular weight is 451 g/mol. The Morgan fingerprint density at radius 3 is 2.50 bits per heavy atom. The minimum atomic E-state index is -0.174. The molecule has 0 saturated carbocycles.